The van der Waals surface area contributed by atoms with E-state index in [1.165, 1.54) is 0 Å². The SMILES string of the molecule is O=C(CCC(=O)Nc1ccccc1Cl)NNC(=O)c1ccccc1OCCOc1ccccc1. The van der Waals surface area contributed by atoms with Crippen LogP contribution < -0.4 is 25.6 Å². The Morgan fingerprint density at radius 3 is 2.15 bits per heavy atom. The lowest BCUT2D eigenvalue weighted by molar-refractivity contribution is -0.124. The Balaban J connectivity index is 1.41. The number of para-hydroxylation sites is 3. The quantitative estimate of drug-likeness (QED) is 0.300. The molecule has 0 aliphatic heterocycles. The van der Waals surface area contributed by atoms with Crippen molar-refractivity contribution in [3.05, 3.63) is 89.4 Å². The molecule has 3 N–H and O–H groups in total. The van der Waals surface area contributed by atoms with Crippen LogP contribution in [0.3, 0.4) is 0 Å². The van der Waals surface area contributed by atoms with Crippen molar-refractivity contribution < 1.29 is 23.9 Å². The van der Waals surface area contributed by atoms with Crippen LogP contribution in [0.2, 0.25) is 5.02 Å². The van der Waals surface area contributed by atoms with Crippen LogP contribution >= 0.6 is 11.6 Å². The molecule has 0 saturated carbocycles. The van der Waals surface area contributed by atoms with Gasteiger partial charge < -0.3 is 14.8 Å². The maximum atomic E-state index is 12.5. The summed E-state index contributed by atoms with van der Waals surface area (Å²) in [6, 6.07) is 22.8. The molecule has 0 bridgehead atoms. The van der Waals surface area contributed by atoms with Gasteiger partial charge in [0.25, 0.3) is 5.91 Å². The van der Waals surface area contributed by atoms with Crippen LogP contribution in [0, 0.1) is 0 Å². The highest BCUT2D eigenvalue weighted by molar-refractivity contribution is 6.33. The normalized spacial score (nSPS) is 10.1. The number of hydrogen-bond donors (Lipinski definition) is 3. The minimum absolute atomic E-state index is 0.0754. The Labute approximate surface area is 202 Å². The third-order valence-corrected chi connectivity index (χ3v) is 4.86. The molecule has 34 heavy (non-hydrogen) atoms. The number of halogens is 1. The molecule has 0 aromatic heterocycles. The lowest BCUT2D eigenvalue weighted by atomic mass is 10.2. The van der Waals surface area contributed by atoms with Crippen LogP contribution in [0.15, 0.2) is 78.9 Å². The van der Waals surface area contributed by atoms with Crippen molar-refractivity contribution in [3.63, 3.8) is 0 Å². The van der Waals surface area contributed by atoms with Crippen molar-refractivity contribution in [2.75, 3.05) is 18.5 Å². The van der Waals surface area contributed by atoms with Gasteiger partial charge in [-0.05, 0) is 36.4 Å². The number of carbonyl (C=O) groups excluding carboxylic acids is 3. The zero-order chi connectivity index (χ0) is 24.2. The zero-order valence-electron chi connectivity index (χ0n) is 18.3. The smallest absolute Gasteiger partial charge is 0.273 e. The van der Waals surface area contributed by atoms with E-state index in [2.05, 4.69) is 16.2 Å². The summed E-state index contributed by atoms with van der Waals surface area (Å²) < 4.78 is 11.2. The molecule has 0 fully saturated rings. The molecule has 176 valence electrons. The molecule has 0 saturated heterocycles. The van der Waals surface area contributed by atoms with Crippen LogP contribution in [0.1, 0.15) is 23.2 Å². The standard InChI is InChI=1S/C25H24ClN3O5/c26-20-11-5-6-12-21(20)27-23(30)14-15-24(31)28-29-25(32)19-10-4-7-13-22(19)34-17-16-33-18-8-2-1-3-9-18/h1-13H,14-17H2,(H,27,30)(H,28,31)(H,29,32). The van der Waals surface area contributed by atoms with Crippen molar-refractivity contribution in [2.24, 2.45) is 0 Å². The molecule has 3 rings (SSSR count). The average molecular weight is 482 g/mol. The van der Waals surface area contributed by atoms with E-state index in [0.29, 0.717) is 23.1 Å². The van der Waals surface area contributed by atoms with Crippen molar-refractivity contribution in [1.82, 2.24) is 10.9 Å². The molecule has 3 amide bonds. The summed E-state index contributed by atoms with van der Waals surface area (Å²) in [6.07, 6.45) is -0.195. The van der Waals surface area contributed by atoms with Gasteiger partial charge in [-0.2, -0.15) is 0 Å². The number of benzene rings is 3. The fourth-order valence-electron chi connectivity index (χ4n) is 2.87. The third kappa shape index (κ3) is 7.83. The topological polar surface area (TPSA) is 106 Å². The van der Waals surface area contributed by atoms with Gasteiger partial charge in [0.2, 0.25) is 11.8 Å². The summed E-state index contributed by atoms with van der Waals surface area (Å²) in [4.78, 5) is 36.6. The number of hydrogen-bond acceptors (Lipinski definition) is 5. The summed E-state index contributed by atoms with van der Waals surface area (Å²) in [7, 11) is 0. The van der Waals surface area contributed by atoms with E-state index >= 15 is 0 Å². The zero-order valence-corrected chi connectivity index (χ0v) is 19.0. The van der Waals surface area contributed by atoms with E-state index in [9.17, 15) is 14.4 Å². The minimum atomic E-state index is -0.548. The first kappa shape index (κ1) is 24.6. The maximum absolute atomic E-state index is 12.5. The van der Waals surface area contributed by atoms with Gasteiger partial charge in [0, 0.05) is 12.8 Å². The van der Waals surface area contributed by atoms with E-state index in [1.807, 2.05) is 30.3 Å². The average Bonchev–Trinajstić information content (AvgIpc) is 2.86. The Morgan fingerprint density at radius 1 is 0.706 bits per heavy atom. The molecular formula is C25H24ClN3O5. The first-order chi connectivity index (χ1) is 16.5. The van der Waals surface area contributed by atoms with Gasteiger partial charge in [-0.3, -0.25) is 25.2 Å². The highest BCUT2D eigenvalue weighted by atomic mass is 35.5. The predicted octanol–water partition coefficient (Wildman–Crippen LogP) is 3.98. The molecular weight excluding hydrogens is 458 g/mol. The van der Waals surface area contributed by atoms with Gasteiger partial charge in [-0.15, -0.1) is 0 Å². The predicted molar refractivity (Wildman–Crippen MR) is 129 cm³/mol. The number of rotatable bonds is 10. The van der Waals surface area contributed by atoms with Crippen LogP contribution in [0.5, 0.6) is 11.5 Å². The van der Waals surface area contributed by atoms with Crippen molar-refractivity contribution in [3.8, 4) is 11.5 Å². The Bertz CT molecular complexity index is 1120. The fourth-order valence-corrected chi connectivity index (χ4v) is 3.05. The lowest BCUT2D eigenvalue weighted by Gasteiger charge is -2.13. The largest absolute Gasteiger partial charge is 0.490 e. The molecule has 0 aliphatic carbocycles. The van der Waals surface area contributed by atoms with E-state index in [4.69, 9.17) is 21.1 Å². The van der Waals surface area contributed by atoms with Crippen molar-refractivity contribution >= 4 is 35.0 Å². The van der Waals surface area contributed by atoms with Crippen LogP contribution in [0.4, 0.5) is 5.69 Å². The van der Waals surface area contributed by atoms with Gasteiger partial charge in [-0.1, -0.05) is 54.1 Å². The number of carbonyl (C=O) groups is 3. The highest BCUT2D eigenvalue weighted by Crippen LogP contribution is 2.20. The maximum Gasteiger partial charge on any atom is 0.273 e. The second-order valence-electron chi connectivity index (χ2n) is 7.04. The minimum Gasteiger partial charge on any atom is -0.490 e. The number of anilines is 1. The molecule has 3 aromatic carbocycles. The molecule has 9 heteroatoms. The monoisotopic (exact) mass is 481 g/mol. The molecule has 0 atom stereocenters. The van der Waals surface area contributed by atoms with Crippen LogP contribution in [-0.2, 0) is 9.59 Å². The van der Waals surface area contributed by atoms with Crippen LogP contribution in [-0.4, -0.2) is 30.9 Å². The lowest BCUT2D eigenvalue weighted by Crippen LogP contribution is -2.42. The van der Waals surface area contributed by atoms with E-state index < -0.39 is 11.8 Å². The summed E-state index contributed by atoms with van der Waals surface area (Å²) in [5.41, 5.74) is 5.35. The molecule has 0 spiro atoms. The van der Waals surface area contributed by atoms with Gasteiger partial charge in [-0.25, -0.2) is 0 Å². The Hall–Kier alpha value is -4.04. The van der Waals surface area contributed by atoms with E-state index in [1.54, 1.807) is 48.5 Å². The number of hydrazine groups is 1. The summed E-state index contributed by atoms with van der Waals surface area (Å²) >= 11 is 6.00. The van der Waals surface area contributed by atoms with Gasteiger partial charge in [0.05, 0.1) is 16.3 Å². The fraction of sp³-hybridized carbons (Fsp3) is 0.160. The molecule has 8 nitrogen and oxygen atoms in total. The molecule has 3 aromatic rings. The van der Waals surface area contributed by atoms with E-state index in [0.717, 1.165) is 5.75 Å². The van der Waals surface area contributed by atoms with Gasteiger partial charge in [0.15, 0.2) is 0 Å². The first-order valence-electron chi connectivity index (χ1n) is 10.6. The molecule has 0 unspecified atom stereocenters. The number of ether oxygens (including phenoxy) is 2. The summed E-state index contributed by atoms with van der Waals surface area (Å²) in [5.74, 6) is -0.359. The van der Waals surface area contributed by atoms with Crippen LogP contribution in [0.25, 0.3) is 0 Å². The molecule has 0 heterocycles. The highest BCUT2D eigenvalue weighted by Gasteiger charge is 2.14. The van der Waals surface area contributed by atoms with Gasteiger partial charge >= 0.3 is 0 Å². The Morgan fingerprint density at radius 2 is 1.35 bits per heavy atom. The van der Waals surface area contributed by atoms with E-state index in [-0.39, 0.29) is 30.9 Å². The van der Waals surface area contributed by atoms with Crippen molar-refractivity contribution in [1.29, 1.82) is 0 Å². The second kappa shape index (κ2) is 12.9. The first-order valence-corrected chi connectivity index (χ1v) is 10.9. The second-order valence-corrected chi connectivity index (χ2v) is 7.44. The summed E-state index contributed by atoms with van der Waals surface area (Å²) in [6.45, 7) is 0.527. The molecule has 0 radical (unpaired) electrons. The van der Waals surface area contributed by atoms with Crippen molar-refractivity contribution in [2.45, 2.75) is 12.8 Å². The van der Waals surface area contributed by atoms with Gasteiger partial charge in [0.1, 0.15) is 24.7 Å². The number of amides is 3. The Kier molecular flexibility index (Phi) is 9.30. The summed E-state index contributed by atoms with van der Waals surface area (Å²) in [5, 5.41) is 3.04. The molecule has 0 aliphatic rings. The third-order valence-electron chi connectivity index (χ3n) is 4.53. The number of nitrogens with one attached hydrogen (secondary N) is 3.